The Bertz CT molecular complexity index is 293. The average Bonchev–Trinajstić information content (AvgIpc) is 2.10. The van der Waals surface area contributed by atoms with Crippen LogP contribution in [0, 0.1) is 9.39 Å². The Morgan fingerprint density at radius 3 is 2.85 bits per heavy atom. The monoisotopic (exact) mass is 295 g/mol. The molecule has 0 bridgehead atoms. The van der Waals surface area contributed by atoms with Gasteiger partial charge in [-0.15, -0.1) is 0 Å². The molecule has 0 aromatic heterocycles. The van der Waals surface area contributed by atoms with Crippen LogP contribution in [-0.2, 0) is 4.74 Å². The highest BCUT2D eigenvalue weighted by molar-refractivity contribution is 14.1. The van der Waals surface area contributed by atoms with Crippen molar-refractivity contribution >= 4 is 22.6 Å². The zero-order valence-electron chi connectivity index (χ0n) is 7.26. The van der Waals surface area contributed by atoms with Crippen LogP contribution in [0.4, 0.5) is 4.39 Å². The lowest BCUT2D eigenvalue weighted by Gasteiger charge is -2.10. The molecule has 72 valence electrons. The van der Waals surface area contributed by atoms with Gasteiger partial charge in [0.25, 0.3) is 0 Å². The number of hydrogen-bond donors (Lipinski definition) is 1. The zero-order valence-corrected chi connectivity index (χ0v) is 9.42. The first-order valence-corrected chi connectivity index (χ1v) is 4.92. The summed E-state index contributed by atoms with van der Waals surface area (Å²) in [4.78, 5) is 0. The van der Waals surface area contributed by atoms with E-state index < -0.39 is 0 Å². The number of methoxy groups -OCH3 is 1. The van der Waals surface area contributed by atoms with Gasteiger partial charge in [-0.25, -0.2) is 4.39 Å². The second-order valence-corrected chi connectivity index (χ2v) is 3.90. The van der Waals surface area contributed by atoms with Crippen LogP contribution in [0.2, 0.25) is 0 Å². The van der Waals surface area contributed by atoms with Crippen molar-refractivity contribution in [2.45, 2.75) is 6.04 Å². The van der Waals surface area contributed by atoms with Gasteiger partial charge in [-0.3, -0.25) is 0 Å². The number of ether oxygens (including phenoxy) is 1. The summed E-state index contributed by atoms with van der Waals surface area (Å²) in [5.41, 5.74) is 6.67. The summed E-state index contributed by atoms with van der Waals surface area (Å²) in [6.07, 6.45) is 0. The Morgan fingerprint density at radius 2 is 2.31 bits per heavy atom. The van der Waals surface area contributed by atoms with E-state index >= 15 is 0 Å². The van der Waals surface area contributed by atoms with Crippen LogP contribution in [0.25, 0.3) is 0 Å². The molecule has 2 N–H and O–H groups in total. The number of hydrogen-bond acceptors (Lipinski definition) is 2. The SMILES string of the molecule is COCC(N)c1ccc(F)c(I)c1. The van der Waals surface area contributed by atoms with E-state index in [0.717, 1.165) is 5.56 Å². The van der Waals surface area contributed by atoms with Gasteiger partial charge in [0.1, 0.15) is 5.82 Å². The third-order valence-electron chi connectivity index (χ3n) is 1.72. The molecule has 0 radical (unpaired) electrons. The van der Waals surface area contributed by atoms with Gasteiger partial charge in [0.2, 0.25) is 0 Å². The molecular weight excluding hydrogens is 284 g/mol. The molecule has 1 atom stereocenters. The van der Waals surface area contributed by atoms with Gasteiger partial charge in [-0.2, -0.15) is 0 Å². The van der Waals surface area contributed by atoms with E-state index in [0.29, 0.717) is 10.2 Å². The Morgan fingerprint density at radius 1 is 1.62 bits per heavy atom. The predicted molar refractivity (Wildman–Crippen MR) is 57.9 cm³/mol. The van der Waals surface area contributed by atoms with Crippen molar-refractivity contribution in [1.29, 1.82) is 0 Å². The number of nitrogens with two attached hydrogens (primary N) is 1. The van der Waals surface area contributed by atoms with Gasteiger partial charge in [-0.1, -0.05) is 6.07 Å². The highest BCUT2D eigenvalue weighted by Crippen LogP contribution is 2.17. The molecular formula is C9H11FINO. The molecule has 1 rings (SSSR count). The molecule has 0 amide bonds. The van der Waals surface area contributed by atoms with Crippen LogP contribution in [0.15, 0.2) is 18.2 Å². The summed E-state index contributed by atoms with van der Waals surface area (Å²) >= 11 is 1.94. The molecule has 0 spiro atoms. The van der Waals surface area contributed by atoms with E-state index in [1.807, 2.05) is 22.6 Å². The van der Waals surface area contributed by atoms with E-state index in [2.05, 4.69) is 0 Å². The minimum absolute atomic E-state index is 0.181. The van der Waals surface area contributed by atoms with Gasteiger partial charge in [0, 0.05) is 10.7 Å². The standard InChI is InChI=1S/C9H11FINO/c1-13-5-9(12)6-2-3-7(10)8(11)4-6/h2-4,9H,5,12H2,1H3. The van der Waals surface area contributed by atoms with Crippen molar-refractivity contribution in [3.05, 3.63) is 33.1 Å². The molecule has 0 aliphatic rings. The van der Waals surface area contributed by atoms with Crippen molar-refractivity contribution in [1.82, 2.24) is 0 Å². The van der Waals surface area contributed by atoms with Crippen LogP contribution >= 0.6 is 22.6 Å². The third-order valence-corrected chi connectivity index (χ3v) is 2.54. The van der Waals surface area contributed by atoms with E-state index in [-0.39, 0.29) is 11.9 Å². The van der Waals surface area contributed by atoms with Gasteiger partial charge in [0.15, 0.2) is 0 Å². The second kappa shape index (κ2) is 4.88. The lowest BCUT2D eigenvalue weighted by Crippen LogP contribution is -2.16. The van der Waals surface area contributed by atoms with Gasteiger partial charge < -0.3 is 10.5 Å². The fraction of sp³-hybridized carbons (Fsp3) is 0.333. The van der Waals surface area contributed by atoms with Gasteiger partial charge in [-0.05, 0) is 40.3 Å². The van der Waals surface area contributed by atoms with Crippen molar-refractivity contribution in [2.75, 3.05) is 13.7 Å². The summed E-state index contributed by atoms with van der Waals surface area (Å²) in [5.74, 6) is -0.214. The maximum absolute atomic E-state index is 12.9. The van der Waals surface area contributed by atoms with Crippen molar-refractivity contribution in [3.63, 3.8) is 0 Å². The quantitative estimate of drug-likeness (QED) is 0.867. The molecule has 2 nitrogen and oxygen atoms in total. The predicted octanol–water partition coefficient (Wildman–Crippen LogP) is 2.08. The highest BCUT2D eigenvalue weighted by atomic mass is 127. The summed E-state index contributed by atoms with van der Waals surface area (Å²) in [6.45, 7) is 0.446. The molecule has 4 heteroatoms. The van der Waals surface area contributed by atoms with Crippen LogP contribution in [-0.4, -0.2) is 13.7 Å². The Hall–Kier alpha value is -0.200. The summed E-state index contributed by atoms with van der Waals surface area (Å²) in [5, 5.41) is 0. The molecule has 1 aromatic rings. The van der Waals surface area contributed by atoms with E-state index in [4.69, 9.17) is 10.5 Å². The molecule has 1 unspecified atom stereocenters. The highest BCUT2D eigenvalue weighted by Gasteiger charge is 2.07. The van der Waals surface area contributed by atoms with Crippen molar-refractivity contribution in [2.24, 2.45) is 5.73 Å². The molecule has 1 aromatic carbocycles. The molecule has 0 aliphatic heterocycles. The maximum atomic E-state index is 12.9. The van der Waals surface area contributed by atoms with E-state index in [1.165, 1.54) is 6.07 Å². The minimum atomic E-state index is -0.214. The van der Waals surface area contributed by atoms with Crippen LogP contribution in [0.5, 0.6) is 0 Å². The molecule has 0 saturated heterocycles. The van der Waals surface area contributed by atoms with Gasteiger partial charge >= 0.3 is 0 Å². The lowest BCUT2D eigenvalue weighted by molar-refractivity contribution is 0.181. The molecule has 0 aliphatic carbocycles. The first kappa shape index (κ1) is 10.9. The van der Waals surface area contributed by atoms with E-state index in [1.54, 1.807) is 19.2 Å². The first-order chi connectivity index (χ1) is 6.15. The maximum Gasteiger partial charge on any atom is 0.136 e. The summed E-state index contributed by atoms with van der Waals surface area (Å²) in [6, 6.07) is 4.66. The topological polar surface area (TPSA) is 35.2 Å². The van der Waals surface area contributed by atoms with Crippen molar-refractivity contribution < 1.29 is 9.13 Å². The number of halogens is 2. The summed E-state index contributed by atoms with van der Waals surface area (Å²) < 4.78 is 18.4. The minimum Gasteiger partial charge on any atom is -0.383 e. The van der Waals surface area contributed by atoms with Crippen LogP contribution < -0.4 is 5.73 Å². The summed E-state index contributed by atoms with van der Waals surface area (Å²) in [7, 11) is 1.59. The molecule has 0 saturated carbocycles. The first-order valence-electron chi connectivity index (χ1n) is 3.84. The Labute approximate surface area is 90.4 Å². The fourth-order valence-electron chi connectivity index (χ4n) is 1.02. The second-order valence-electron chi connectivity index (χ2n) is 2.74. The van der Waals surface area contributed by atoms with Crippen LogP contribution in [0.1, 0.15) is 11.6 Å². The van der Waals surface area contributed by atoms with E-state index in [9.17, 15) is 4.39 Å². The number of rotatable bonds is 3. The smallest absolute Gasteiger partial charge is 0.136 e. The van der Waals surface area contributed by atoms with Crippen LogP contribution in [0.3, 0.4) is 0 Å². The number of benzene rings is 1. The third kappa shape index (κ3) is 2.89. The largest absolute Gasteiger partial charge is 0.383 e. The fourth-order valence-corrected chi connectivity index (χ4v) is 1.56. The molecule has 0 heterocycles. The van der Waals surface area contributed by atoms with Crippen molar-refractivity contribution in [3.8, 4) is 0 Å². The molecule has 13 heavy (non-hydrogen) atoms. The van der Waals surface area contributed by atoms with Gasteiger partial charge in [0.05, 0.1) is 12.6 Å². The molecule has 0 fully saturated rings. The Balaban J connectivity index is 2.84. The zero-order chi connectivity index (χ0) is 9.84. The normalized spacial score (nSPS) is 12.9. The Kier molecular flexibility index (Phi) is 4.08. The average molecular weight is 295 g/mol. The lowest BCUT2D eigenvalue weighted by atomic mass is 10.1.